The van der Waals surface area contributed by atoms with Gasteiger partial charge in [0.15, 0.2) is 0 Å². The van der Waals surface area contributed by atoms with E-state index in [9.17, 15) is 0 Å². The van der Waals surface area contributed by atoms with E-state index in [1.165, 1.54) is 88.3 Å². The molecule has 62 heavy (non-hydrogen) atoms. The summed E-state index contributed by atoms with van der Waals surface area (Å²) in [5.41, 5.74) is 15.4. The molecule has 0 aliphatic rings. The molecule has 0 radical (unpaired) electrons. The maximum absolute atomic E-state index is 6.05. The van der Waals surface area contributed by atoms with Gasteiger partial charge in [0.1, 0.15) is 0 Å². The summed E-state index contributed by atoms with van der Waals surface area (Å²) in [7, 11) is 11.2. The molecule has 0 bridgehead atoms. The Hall–Kier alpha value is -3.66. The summed E-state index contributed by atoms with van der Waals surface area (Å²) >= 11 is -1.65. The molecule has 2 nitrogen and oxygen atoms in total. The first-order valence-electron chi connectivity index (χ1n) is 22.1. The van der Waals surface area contributed by atoms with Crippen molar-refractivity contribution in [1.29, 1.82) is 0 Å². The van der Waals surface area contributed by atoms with E-state index in [2.05, 4.69) is 179 Å². The zero-order chi connectivity index (χ0) is 45.2. The molecule has 0 N–H and O–H groups in total. The number of hydrogen-bond acceptors (Lipinski definition) is 2. The minimum absolute atomic E-state index is 0.224. The van der Waals surface area contributed by atoms with Crippen molar-refractivity contribution in [3.05, 3.63) is 154 Å². The number of halogens is 2. The van der Waals surface area contributed by atoms with Crippen LogP contribution in [0.5, 0.6) is 0 Å². The molecule has 8 aromatic rings. The molecule has 0 unspecified atom stereocenters. The third kappa shape index (κ3) is 11.2. The van der Waals surface area contributed by atoms with Gasteiger partial charge in [-0.1, -0.05) is 161 Å². The zero-order valence-corrected chi connectivity index (χ0v) is 44.2. The summed E-state index contributed by atoms with van der Waals surface area (Å²) in [4.78, 5) is 0. The normalized spacial score (nSPS) is 11.5. The minimum Gasteiger partial charge on any atom is -0.496 e. The molecule has 0 amide bonds. The van der Waals surface area contributed by atoms with Crippen LogP contribution in [0.25, 0.3) is 66.4 Å². The molecule has 8 rings (SSSR count). The Labute approximate surface area is 386 Å². The van der Waals surface area contributed by atoms with E-state index < -0.39 is 18.0 Å². The van der Waals surface area contributed by atoms with Gasteiger partial charge in [-0.3, -0.25) is 0 Å². The predicted molar refractivity (Wildman–Crippen MR) is 270 cm³/mol. The molecule has 0 fully saturated rings. The third-order valence-corrected chi connectivity index (χ3v) is 31.4. The van der Waals surface area contributed by atoms with E-state index >= 15 is 0 Å². The SMILES string of the molecule is C[Si](C)=[Zr]([Cl])[Cl].Cc1ccc2[cH-]c(-c3ccc(C)o3)c(-c3cc(C(C)C)cc(C(C)C)c3)c2c1.Cc1ccc2[cH-]c(-c3ccc(C)o3)c(-c3cc(C(C)C)cc(C(C)C)c3)c2c1. The smallest absolute Gasteiger partial charge is 0.0896 e. The van der Waals surface area contributed by atoms with Crippen LogP contribution in [0.3, 0.4) is 0 Å². The first-order valence-corrected chi connectivity index (χ1v) is 34.7. The summed E-state index contributed by atoms with van der Waals surface area (Å²) in [5.74, 6) is 5.76. The number of aryl methyl sites for hydroxylation is 4. The summed E-state index contributed by atoms with van der Waals surface area (Å²) in [6.07, 6.45) is 0. The van der Waals surface area contributed by atoms with Gasteiger partial charge in [0, 0.05) is 0 Å². The molecule has 6 aromatic carbocycles. The Bertz CT molecular complexity index is 2600. The maximum Gasteiger partial charge on any atom is 0.0896 e. The fraction of sp³-hybridized carbons (Fsp3) is 0.321. The van der Waals surface area contributed by atoms with Crippen LogP contribution >= 0.6 is 17.0 Å². The van der Waals surface area contributed by atoms with Gasteiger partial charge in [-0.05, 0) is 97.9 Å². The quantitative estimate of drug-likeness (QED) is 0.112. The van der Waals surface area contributed by atoms with Gasteiger partial charge >= 0.3 is 53.5 Å². The molecule has 0 spiro atoms. The zero-order valence-electron chi connectivity index (χ0n) is 39.3. The van der Waals surface area contributed by atoms with E-state index in [0.29, 0.717) is 23.7 Å². The minimum atomic E-state index is -1.65. The number of rotatable bonds is 8. The van der Waals surface area contributed by atoms with Gasteiger partial charge < -0.3 is 8.83 Å². The molecular formula is C56H64Cl2O2SiZr-2. The van der Waals surface area contributed by atoms with E-state index in [0.717, 1.165) is 23.0 Å². The van der Waals surface area contributed by atoms with Crippen molar-refractivity contribution in [1.82, 2.24) is 0 Å². The standard InChI is InChI=1S/2C27H29O.C2H6Si.2ClH.Zr/c2*1-16(2)21-12-22(17(3)4)14-23(13-21)27-24-11-18(5)7-9-20(24)15-25(27)26-10-8-19(6)28-26;1-3-2;;;/h2*7-17H,1-6H3;1-2H3;2*1H;/q2*-1;;;;+2/p-2. The molecule has 0 aliphatic heterocycles. The largest absolute Gasteiger partial charge is 0.496 e. The Morgan fingerprint density at radius 1 is 0.468 bits per heavy atom. The molecule has 2 heterocycles. The monoisotopic (exact) mass is 956 g/mol. The van der Waals surface area contributed by atoms with Gasteiger partial charge in [0.25, 0.3) is 0 Å². The molecule has 0 aliphatic carbocycles. The fourth-order valence-corrected chi connectivity index (χ4v) is 7.91. The topological polar surface area (TPSA) is 26.3 Å². The maximum atomic E-state index is 6.05. The van der Waals surface area contributed by atoms with E-state index in [4.69, 9.17) is 25.9 Å². The summed E-state index contributed by atoms with van der Waals surface area (Å²) in [6.45, 7) is 30.8. The summed E-state index contributed by atoms with van der Waals surface area (Å²) in [5, 5.41) is 5.15. The second kappa shape index (κ2) is 20.5. The molecular weight excluding hydrogens is 895 g/mol. The average molecular weight is 959 g/mol. The summed E-state index contributed by atoms with van der Waals surface area (Å²) < 4.78 is 12.1. The van der Waals surface area contributed by atoms with Crippen LogP contribution in [0.15, 0.2) is 118 Å². The fourth-order valence-electron chi connectivity index (χ4n) is 7.91. The van der Waals surface area contributed by atoms with E-state index in [-0.39, 0.29) is 5.43 Å². The van der Waals surface area contributed by atoms with Crippen LogP contribution < -0.4 is 0 Å². The molecule has 324 valence electrons. The van der Waals surface area contributed by atoms with Crippen molar-refractivity contribution < 1.29 is 26.8 Å². The van der Waals surface area contributed by atoms with Gasteiger partial charge in [0.2, 0.25) is 0 Å². The average Bonchev–Trinajstić information content (AvgIpc) is 4.02. The molecule has 0 saturated carbocycles. The van der Waals surface area contributed by atoms with Gasteiger partial charge in [-0.2, -0.15) is 0 Å². The van der Waals surface area contributed by atoms with Gasteiger partial charge in [0.05, 0.1) is 23.0 Å². The predicted octanol–water partition coefficient (Wildman–Crippen LogP) is 18.9. The molecule has 0 atom stereocenters. The van der Waals surface area contributed by atoms with Crippen molar-refractivity contribution in [2.75, 3.05) is 0 Å². The second-order valence-corrected chi connectivity index (χ2v) is 41.5. The Morgan fingerprint density at radius 2 is 0.790 bits per heavy atom. The first kappa shape index (κ1) is 47.8. The van der Waals surface area contributed by atoms with Crippen LogP contribution in [0.4, 0.5) is 0 Å². The summed E-state index contributed by atoms with van der Waals surface area (Å²) in [6, 6.07) is 40.5. The van der Waals surface area contributed by atoms with Crippen molar-refractivity contribution in [3.63, 3.8) is 0 Å². The van der Waals surface area contributed by atoms with E-state index in [1.807, 2.05) is 26.0 Å². The van der Waals surface area contributed by atoms with Crippen molar-refractivity contribution in [3.8, 4) is 44.9 Å². The number of hydrogen-bond donors (Lipinski definition) is 0. The van der Waals surface area contributed by atoms with Crippen LogP contribution in [-0.2, 0) is 18.0 Å². The molecule has 6 heteroatoms. The van der Waals surface area contributed by atoms with E-state index in [1.54, 1.807) is 0 Å². The first-order chi connectivity index (χ1) is 29.3. The Morgan fingerprint density at radius 3 is 1.05 bits per heavy atom. The van der Waals surface area contributed by atoms with Crippen molar-refractivity contribution in [2.45, 2.75) is 120 Å². The molecule has 0 saturated heterocycles. The van der Waals surface area contributed by atoms with Crippen LogP contribution in [0.1, 0.15) is 124 Å². The number of benzene rings is 4. The third-order valence-electron chi connectivity index (χ3n) is 11.7. The van der Waals surface area contributed by atoms with Crippen molar-refractivity contribution >= 4 is 44.0 Å². The van der Waals surface area contributed by atoms with Crippen molar-refractivity contribution in [2.24, 2.45) is 0 Å². The Kier molecular flexibility index (Phi) is 15.8. The Balaban J connectivity index is 0.000000183. The van der Waals surface area contributed by atoms with Crippen LogP contribution in [-0.4, -0.2) is 5.43 Å². The second-order valence-electron chi connectivity index (χ2n) is 18.5. The number of fused-ring (bicyclic) bond motifs is 2. The molecule has 2 aromatic heterocycles. The van der Waals surface area contributed by atoms with Crippen LogP contribution in [0, 0.1) is 27.7 Å². The van der Waals surface area contributed by atoms with Gasteiger partial charge in [-0.25, -0.2) is 0 Å². The number of furan rings is 2. The van der Waals surface area contributed by atoms with Gasteiger partial charge in [-0.15, -0.1) is 45.8 Å². The van der Waals surface area contributed by atoms with Crippen LogP contribution in [0.2, 0.25) is 13.1 Å².